The highest BCUT2D eigenvalue weighted by Crippen LogP contribution is 2.19. The fourth-order valence-electron chi connectivity index (χ4n) is 5.01. The lowest BCUT2D eigenvalue weighted by atomic mass is 10.1. The molecule has 2 aromatic carbocycles. The Morgan fingerprint density at radius 2 is 1.52 bits per heavy atom. The molecule has 0 aromatic heterocycles. The number of hydrogen-bond acceptors (Lipinski definition) is 11. The number of sulfone groups is 1. The summed E-state index contributed by atoms with van der Waals surface area (Å²) in [7, 11) is -3.54. The molecule has 258 valence electrons. The first kappa shape index (κ1) is 39.2. The largest absolute Gasteiger partial charge is 0.480 e. The van der Waals surface area contributed by atoms with Crippen LogP contribution in [0, 0.1) is 28.5 Å². The van der Waals surface area contributed by atoms with Gasteiger partial charge in [-0.15, -0.1) is 0 Å². The van der Waals surface area contributed by atoms with Crippen LogP contribution in [0.5, 0.6) is 0 Å². The summed E-state index contributed by atoms with van der Waals surface area (Å²) in [6.07, 6.45) is 3.21. The van der Waals surface area contributed by atoms with Crippen molar-refractivity contribution in [2.75, 3.05) is 37.2 Å². The summed E-state index contributed by atoms with van der Waals surface area (Å²) in [5, 5.41) is 28.5. The number of nitrogens with zero attached hydrogens (tertiary/aromatic N) is 4. The molecule has 17 heteroatoms. The number of rotatable bonds is 11. The van der Waals surface area contributed by atoms with E-state index in [1.165, 1.54) is 24.3 Å². The molecule has 2 aromatic rings. The third-order valence-electron chi connectivity index (χ3n) is 7.38. The number of nitriles is 2. The number of halogens is 1. The SMILES string of the molecule is N#CCN1CCCC1C(=O)Nc1cccc(C(N)=O)c1.N#CCN1CCCC1C(=O)O.NC(=O)C(N)CS(=O)(=O)Cc1ccc(F)cc1. The fourth-order valence-corrected chi connectivity index (χ4v) is 6.54. The molecule has 2 aliphatic heterocycles. The molecule has 0 radical (unpaired) electrons. The number of aliphatic carboxylic acids is 1. The Hall–Kier alpha value is -4.94. The summed E-state index contributed by atoms with van der Waals surface area (Å²) in [5.74, 6) is -3.62. The number of nitrogens with one attached hydrogen (secondary N) is 1. The lowest BCUT2D eigenvalue weighted by molar-refractivity contribution is -0.142. The third-order valence-corrected chi connectivity index (χ3v) is 9.02. The monoisotopic (exact) mass is 686 g/mol. The van der Waals surface area contributed by atoms with Crippen molar-refractivity contribution in [1.82, 2.24) is 9.80 Å². The molecule has 2 fully saturated rings. The smallest absolute Gasteiger partial charge is 0.320 e. The van der Waals surface area contributed by atoms with E-state index in [1.807, 2.05) is 11.0 Å². The van der Waals surface area contributed by atoms with Crippen molar-refractivity contribution >= 4 is 39.2 Å². The number of hydrogen-bond donors (Lipinski definition) is 5. The maximum absolute atomic E-state index is 12.6. The minimum Gasteiger partial charge on any atom is -0.480 e. The van der Waals surface area contributed by atoms with Crippen LogP contribution in [0.15, 0.2) is 48.5 Å². The van der Waals surface area contributed by atoms with Crippen molar-refractivity contribution in [1.29, 1.82) is 10.5 Å². The van der Waals surface area contributed by atoms with Crippen LogP contribution < -0.4 is 22.5 Å². The van der Waals surface area contributed by atoms with E-state index in [2.05, 4.69) is 11.4 Å². The molecular formula is C31H39FN8O7S. The first-order valence-electron chi connectivity index (χ1n) is 14.8. The highest BCUT2D eigenvalue weighted by Gasteiger charge is 2.31. The summed E-state index contributed by atoms with van der Waals surface area (Å²) >= 11 is 0. The van der Waals surface area contributed by atoms with Gasteiger partial charge in [-0.25, -0.2) is 12.8 Å². The van der Waals surface area contributed by atoms with Crippen molar-refractivity contribution in [2.24, 2.45) is 17.2 Å². The summed E-state index contributed by atoms with van der Waals surface area (Å²) < 4.78 is 35.8. The van der Waals surface area contributed by atoms with Crippen LogP contribution >= 0.6 is 0 Å². The Balaban J connectivity index is 0.000000261. The molecule has 8 N–H and O–H groups in total. The second-order valence-corrected chi connectivity index (χ2v) is 13.1. The Labute approximate surface area is 278 Å². The van der Waals surface area contributed by atoms with E-state index in [1.54, 1.807) is 29.2 Å². The second kappa shape index (κ2) is 19.0. The molecule has 0 bridgehead atoms. The van der Waals surface area contributed by atoms with Gasteiger partial charge < -0.3 is 27.6 Å². The van der Waals surface area contributed by atoms with Crippen LogP contribution in [-0.4, -0.2) is 97.1 Å². The zero-order chi connectivity index (χ0) is 35.9. The topological polar surface area (TPSA) is 267 Å². The number of likely N-dealkylation sites (tertiary alicyclic amines) is 2. The van der Waals surface area contributed by atoms with Gasteiger partial charge in [-0.2, -0.15) is 10.5 Å². The van der Waals surface area contributed by atoms with E-state index in [0.717, 1.165) is 32.4 Å². The van der Waals surface area contributed by atoms with Gasteiger partial charge in [0.2, 0.25) is 17.7 Å². The number of benzene rings is 2. The molecular weight excluding hydrogens is 647 g/mol. The van der Waals surface area contributed by atoms with Gasteiger partial charge in [-0.05, 0) is 61.6 Å². The van der Waals surface area contributed by atoms with Gasteiger partial charge in [0.1, 0.15) is 11.9 Å². The van der Waals surface area contributed by atoms with Gasteiger partial charge in [0.25, 0.3) is 0 Å². The van der Waals surface area contributed by atoms with E-state index in [0.29, 0.717) is 23.2 Å². The summed E-state index contributed by atoms with van der Waals surface area (Å²) in [6, 6.07) is 13.7. The van der Waals surface area contributed by atoms with Crippen molar-refractivity contribution in [3.8, 4) is 12.1 Å². The van der Waals surface area contributed by atoms with Crippen molar-refractivity contribution in [2.45, 2.75) is 49.6 Å². The number of carboxylic acid groups (broad SMARTS) is 1. The molecule has 2 saturated heterocycles. The maximum atomic E-state index is 12.6. The van der Waals surface area contributed by atoms with Gasteiger partial charge in [-0.1, -0.05) is 18.2 Å². The van der Waals surface area contributed by atoms with Gasteiger partial charge in [0, 0.05) is 24.3 Å². The molecule has 0 spiro atoms. The second-order valence-electron chi connectivity index (χ2n) is 11.0. The Morgan fingerprint density at radius 1 is 0.958 bits per heavy atom. The average Bonchev–Trinajstić information content (AvgIpc) is 3.69. The van der Waals surface area contributed by atoms with E-state index in [4.69, 9.17) is 32.8 Å². The minimum atomic E-state index is -3.54. The van der Waals surface area contributed by atoms with E-state index in [9.17, 15) is 32.0 Å². The molecule has 0 saturated carbocycles. The number of anilines is 1. The molecule has 48 heavy (non-hydrogen) atoms. The maximum Gasteiger partial charge on any atom is 0.320 e. The molecule has 2 aliphatic rings. The van der Waals surface area contributed by atoms with Crippen LogP contribution in [0.3, 0.4) is 0 Å². The first-order chi connectivity index (χ1) is 22.7. The summed E-state index contributed by atoms with van der Waals surface area (Å²) in [6.45, 7) is 1.98. The van der Waals surface area contributed by atoms with Crippen molar-refractivity contribution in [3.63, 3.8) is 0 Å². The normalized spacial score (nSPS) is 18.1. The highest BCUT2D eigenvalue weighted by atomic mass is 32.2. The van der Waals surface area contributed by atoms with E-state index >= 15 is 0 Å². The Morgan fingerprint density at radius 3 is 2.04 bits per heavy atom. The van der Waals surface area contributed by atoms with Gasteiger partial charge in [0.05, 0.1) is 48.8 Å². The van der Waals surface area contributed by atoms with Crippen LogP contribution in [0.2, 0.25) is 0 Å². The number of nitrogens with two attached hydrogens (primary N) is 3. The van der Waals surface area contributed by atoms with Gasteiger partial charge in [-0.3, -0.25) is 29.0 Å². The number of primary amides is 2. The van der Waals surface area contributed by atoms with Crippen LogP contribution in [0.1, 0.15) is 41.6 Å². The number of amides is 3. The van der Waals surface area contributed by atoms with Gasteiger partial charge in [0.15, 0.2) is 9.84 Å². The number of carbonyl (C=O) groups excluding carboxylic acids is 3. The molecule has 3 amide bonds. The van der Waals surface area contributed by atoms with Crippen LogP contribution in [-0.2, 0) is 30.0 Å². The average molecular weight is 687 g/mol. The number of carboxylic acids is 1. The lowest BCUT2D eigenvalue weighted by Gasteiger charge is -2.20. The Bertz CT molecular complexity index is 1630. The molecule has 3 atom stereocenters. The fraction of sp³-hybridized carbons (Fsp3) is 0.419. The van der Waals surface area contributed by atoms with Gasteiger partial charge >= 0.3 is 5.97 Å². The molecule has 2 heterocycles. The standard InChI is InChI=1S/C14H16N4O2.C10H13FN2O3S.C7H10N2O2/c15-6-8-18-7-2-5-12(18)14(20)17-11-4-1-3-10(9-11)13(16)19;11-8-3-1-7(2-4-8)5-17(15,16)6-9(12)10(13)14;8-3-5-9-4-1-2-6(9)7(10)11/h1,3-4,9,12H,2,5,7-8H2,(H2,16,19)(H,17,20);1-4,9H,5-6,12H2,(H2,13,14);6H,1-2,4-5H2,(H,10,11). The van der Waals surface area contributed by atoms with E-state index in [-0.39, 0.29) is 30.8 Å². The number of carbonyl (C=O) groups is 4. The zero-order valence-corrected chi connectivity index (χ0v) is 26.9. The van der Waals surface area contributed by atoms with Crippen LogP contribution in [0.25, 0.3) is 0 Å². The third kappa shape index (κ3) is 13.0. The first-order valence-corrected chi connectivity index (χ1v) is 16.6. The predicted molar refractivity (Wildman–Crippen MR) is 173 cm³/mol. The van der Waals surface area contributed by atoms with Crippen LogP contribution in [0.4, 0.5) is 10.1 Å². The molecule has 4 rings (SSSR count). The van der Waals surface area contributed by atoms with Crippen molar-refractivity contribution < 1.29 is 37.1 Å². The highest BCUT2D eigenvalue weighted by molar-refractivity contribution is 7.90. The zero-order valence-electron chi connectivity index (χ0n) is 26.1. The quantitative estimate of drug-likeness (QED) is 0.200. The minimum absolute atomic E-state index is 0.153. The summed E-state index contributed by atoms with van der Waals surface area (Å²) in [4.78, 5) is 48.0. The Kier molecular flexibility index (Phi) is 15.5. The molecule has 15 nitrogen and oxygen atoms in total. The lowest BCUT2D eigenvalue weighted by Crippen LogP contribution is -2.42. The molecule has 0 aliphatic carbocycles. The molecule has 3 unspecified atom stereocenters. The predicted octanol–water partition coefficient (Wildman–Crippen LogP) is 0.324. The van der Waals surface area contributed by atoms with E-state index < -0.39 is 51.3 Å². The summed E-state index contributed by atoms with van der Waals surface area (Å²) in [5.41, 5.74) is 16.7. The van der Waals surface area contributed by atoms with Crippen molar-refractivity contribution in [3.05, 3.63) is 65.5 Å².